The predicted octanol–water partition coefficient (Wildman–Crippen LogP) is 8.19. The average molecular weight is 598 g/mol. The summed E-state index contributed by atoms with van der Waals surface area (Å²) in [6.45, 7) is 14.4. The minimum absolute atomic E-state index is 0.0140. The highest BCUT2D eigenvalue weighted by Gasteiger charge is 2.35. The second-order valence-corrected chi connectivity index (χ2v) is 13.2. The van der Waals surface area contributed by atoms with Gasteiger partial charge in [0.15, 0.2) is 0 Å². The Morgan fingerprint density at radius 1 is 0.977 bits per heavy atom. The van der Waals surface area contributed by atoms with Gasteiger partial charge in [-0.25, -0.2) is 4.79 Å². The number of nitro benzene ring substituents is 1. The fourth-order valence-corrected chi connectivity index (χ4v) is 6.76. The fourth-order valence-electron chi connectivity index (χ4n) is 6.76. The van der Waals surface area contributed by atoms with E-state index in [0.717, 1.165) is 51.7 Å². The molecule has 4 rings (SSSR count). The Labute approximate surface area is 262 Å². The van der Waals surface area contributed by atoms with Gasteiger partial charge < -0.3 is 14.5 Å². The zero-order valence-electron chi connectivity index (χ0n) is 26.5. The summed E-state index contributed by atoms with van der Waals surface area (Å²) in [6, 6.07) is 27.9. The molecule has 1 aliphatic rings. The van der Waals surface area contributed by atoms with Crippen molar-refractivity contribution in [3.63, 3.8) is 0 Å². The first-order valence-corrected chi connectivity index (χ1v) is 15.7. The maximum absolute atomic E-state index is 13.1. The highest BCUT2D eigenvalue weighted by Crippen LogP contribution is 2.41. The van der Waals surface area contributed by atoms with Crippen LogP contribution in [0.5, 0.6) is 0 Å². The maximum atomic E-state index is 13.1. The van der Waals surface area contributed by atoms with Crippen molar-refractivity contribution in [3.05, 3.63) is 124 Å². The molecule has 0 N–H and O–H groups in total. The molecular formula is C37H47N3O4. The van der Waals surface area contributed by atoms with E-state index in [1.807, 2.05) is 0 Å². The number of nitro groups is 1. The third-order valence-electron chi connectivity index (χ3n) is 8.91. The summed E-state index contributed by atoms with van der Waals surface area (Å²) in [5.74, 6) is 0. The summed E-state index contributed by atoms with van der Waals surface area (Å²) in [5.41, 5.74) is 3.67. The Kier molecular flexibility index (Phi) is 11.3. The molecule has 234 valence electrons. The monoisotopic (exact) mass is 597 g/mol. The van der Waals surface area contributed by atoms with Crippen LogP contribution in [0.2, 0.25) is 0 Å². The van der Waals surface area contributed by atoms with Gasteiger partial charge in [-0.15, -0.1) is 6.58 Å². The van der Waals surface area contributed by atoms with Gasteiger partial charge in [-0.2, -0.15) is 0 Å². The molecule has 1 amide bonds. The summed E-state index contributed by atoms with van der Waals surface area (Å²) in [7, 11) is 0. The van der Waals surface area contributed by atoms with E-state index in [1.54, 1.807) is 23.1 Å². The van der Waals surface area contributed by atoms with E-state index in [4.69, 9.17) is 4.74 Å². The highest BCUT2D eigenvalue weighted by molar-refractivity contribution is 5.68. The summed E-state index contributed by atoms with van der Waals surface area (Å²) in [6.07, 6.45) is 6.31. The van der Waals surface area contributed by atoms with Gasteiger partial charge in [0.2, 0.25) is 0 Å². The first-order valence-electron chi connectivity index (χ1n) is 15.7. The molecule has 3 aromatic rings. The molecule has 0 aromatic heterocycles. The molecule has 1 fully saturated rings. The van der Waals surface area contributed by atoms with E-state index in [0.29, 0.717) is 12.1 Å². The number of benzene rings is 3. The Morgan fingerprint density at radius 3 is 2.18 bits per heavy atom. The molecule has 1 aliphatic heterocycles. The van der Waals surface area contributed by atoms with Crippen LogP contribution in [-0.2, 0) is 23.2 Å². The normalized spacial score (nSPS) is 15.7. The van der Waals surface area contributed by atoms with Gasteiger partial charge in [0.05, 0.1) is 4.92 Å². The smallest absolute Gasteiger partial charge is 0.410 e. The molecule has 0 aliphatic carbocycles. The molecular weight excluding hydrogens is 550 g/mol. The number of non-ortho nitro benzene ring substituents is 1. The first-order chi connectivity index (χ1) is 21.1. The number of ether oxygens (including phenoxy) is 1. The minimum atomic E-state index is -0.442. The van der Waals surface area contributed by atoms with Crippen LogP contribution in [0.15, 0.2) is 97.6 Å². The van der Waals surface area contributed by atoms with Crippen molar-refractivity contribution in [1.82, 2.24) is 9.80 Å². The van der Waals surface area contributed by atoms with Crippen LogP contribution >= 0.6 is 0 Å². The number of nitrogens with zero attached hydrogens (tertiary/aromatic N) is 3. The van der Waals surface area contributed by atoms with E-state index in [-0.39, 0.29) is 35.3 Å². The van der Waals surface area contributed by atoms with Crippen LogP contribution in [0.3, 0.4) is 0 Å². The standard InChI is InChI=1S/C37H47N3O4/c1-5-23-39(35(41)44-28-31-16-18-34(19-17-31)40(42)43)33-20-24-38(25-21-33)26-22-37(4,32-14-10-7-11-15-32)29-36(2,3)27-30-12-8-6-9-13-30/h5-19,33H,1,20-29H2,2-4H3. The van der Waals surface area contributed by atoms with Crippen LogP contribution < -0.4 is 0 Å². The van der Waals surface area contributed by atoms with E-state index in [2.05, 4.69) is 92.9 Å². The molecule has 1 unspecified atom stereocenters. The van der Waals surface area contributed by atoms with Crippen molar-refractivity contribution < 1.29 is 14.5 Å². The van der Waals surface area contributed by atoms with Gasteiger partial charge in [-0.3, -0.25) is 10.1 Å². The van der Waals surface area contributed by atoms with Gasteiger partial charge in [0.25, 0.3) is 5.69 Å². The molecule has 0 radical (unpaired) electrons. The van der Waals surface area contributed by atoms with Crippen molar-refractivity contribution in [3.8, 4) is 0 Å². The summed E-state index contributed by atoms with van der Waals surface area (Å²) >= 11 is 0. The SMILES string of the molecule is C=CCN(C(=O)OCc1ccc([N+](=O)[O-])cc1)C1CCN(CCC(C)(CC(C)(C)Cc2ccccc2)c2ccccc2)CC1. The number of carbonyl (C=O) groups excluding carboxylic acids is 1. The quantitative estimate of drug-likeness (QED) is 0.106. The average Bonchev–Trinajstić information content (AvgIpc) is 3.02. The second-order valence-electron chi connectivity index (χ2n) is 13.2. The summed E-state index contributed by atoms with van der Waals surface area (Å²) in [4.78, 5) is 27.9. The number of hydrogen-bond donors (Lipinski definition) is 0. The highest BCUT2D eigenvalue weighted by atomic mass is 16.6. The van der Waals surface area contributed by atoms with Crippen molar-refractivity contribution in [2.45, 2.75) is 70.9 Å². The van der Waals surface area contributed by atoms with Crippen molar-refractivity contribution in [2.24, 2.45) is 5.41 Å². The number of piperidine rings is 1. The van der Waals surface area contributed by atoms with Gasteiger partial charge in [0.1, 0.15) is 6.61 Å². The number of carbonyl (C=O) groups is 1. The van der Waals surface area contributed by atoms with Crippen molar-refractivity contribution in [1.29, 1.82) is 0 Å². The second kappa shape index (κ2) is 15.2. The van der Waals surface area contributed by atoms with E-state index >= 15 is 0 Å². The molecule has 1 saturated heterocycles. The van der Waals surface area contributed by atoms with Gasteiger partial charge in [0, 0.05) is 37.8 Å². The molecule has 44 heavy (non-hydrogen) atoms. The Bertz CT molecular complexity index is 1350. The number of amides is 1. The van der Waals surface area contributed by atoms with Gasteiger partial charge in [-0.05, 0) is 78.3 Å². The Morgan fingerprint density at radius 2 is 1.59 bits per heavy atom. The molecule has 7 heteroatoms. The van der Waals surface area contributed by atoms with Crippen molar-refractivity contribution >= 4 is 11.8 Å². The van der Waals surface area contributed by atoms with E-state index in [1.165, 1.54) is 23.3 Å². The molecule has 1 heterocycles. The maximum Gasteiger partial charge on any atom is 0.410 e. The van der Waals surface area contributed by atoms with Crippen LogP contribution in [0.1, 0.15) is 63.1 Å². The van der Waals surface area contributed by atoms with E-state index in [9.17, 15) is 14.9 Å². The Hall–Kier alpha value is -3.97. The van der Waals surface area contributed by atoms with Gasteiger partial charge in [-0.1, -0.05) is 87.5 Å². The van der Waals surface area contributed by atoms with Crippen molar-refractivity contribution in [2.75, 3.05) is 26.2 Å². The molecule has 0 bridgehead atoms. The summed E-state index contributed by atoms with van der Waals surface area (Å²) < 4.78 is 5.61. The van der Waals surface area contributed by atoms with Crippen LogP contribution in [0.4, 0.5) is 10.5 Å². The fraction of sp³-hybridized carbons (Fsp3) is 0.432. The largest absolute Gasteiger partial charge is 0.445 e. The van der Waals surface area contributed by atoms with Crippen LogP contribution in [0, 0.1) is 15.5 Å². The summed E-state index contributed by atoms with van der Waals surface area (Å²) in [5, 5.41) is 10.9. The minimum Gasteiger partial charge on any atom is -0.445 e. The number of hydrogen-bond acceptors (Lipinski definition) is 5. The molecule has 7 nitrogen and oxygen atoms in total. The zero-order chi connectivity index (χ0) is 31.6. The molecule has 0 spiro atoms. The lowest BCUT2D eigenvalue weighted by Crippen LogP contribution is -2.48. The zero-order valence-corrected chi connectivity index (χ0v) is 26.5. The lowest BCUT2D eigenvalue weighted by molar-refractivity contribution is -0.384. The van der Waals surface area contributed by atoms with Crippen LogP contribution in [-0.4, -0.2) is 53.0 Å². The molecule has 0 saturated carbocycles. The number of rotatable bonds is 14. The molecule has 1 atom stereocenters. The third-order valence-corrected chi connectivity index (χ3v) is 8.91. The van der Waals surface area contributed by atoms with Crippen LogP contribution in [0.25, 0.3) is 0 Å². The number of likely N-dealkylation sites (tertiary alicyclic amines) is 1. The topological polar surface area (TPSA) is 75.9 Å². The van der Waals surface area contributed by atoms with Gasteiger partial charge >= 0.3 is 6.09 Å². The lowest BCUT2D eigenvalue weighted by atomic mass is 9.66. The van der Waals surface area contributed by atoms with E-state index < -0.39 is 4.92 Å². The lowest BCUT2D eigenvalue weighted by Gasteiger charge is -2.41. The first kappa shape index (κ1) is 32.9. The third kappa shape index (κ3) is 9.26. The predicted molar refractivity (Wildman–Crippen MR) is 177 cm³/mol. The molecule has 3 aromatic carbocycles. The Balaban J connectivity index is 1.33.